The van der Waals surface area contributed by atoms with E-state index in [2.05, 4.69) is 0 Å². The van der Waals surface area contributed by atoms with Crippen molar-refractivity contribution in [3.8, 4) is 0 Å². The Labute approximate surface area is 74.3 Å². The van der Waals surface area contributed by atoms with Gasteiger partial charge in [-0.3, -0.25) is 4.79 Å². The van der Waals surface area contributed by atoms with Crippen molar-refractivity contribution in [2.45, 2.75) is 46.8 Å². The first-order chi connectivity index (χ1) is 5.25. The highest BCUT2D eigenvalue weighted by molar-refractivity contribution is 5.75. The summed E-state index contributed by atoms with van der Waals surface area (Å²) in [7, 11) is 0. The molecule has 0 saturated heterocycles. The van der Waals surface area contributed by atoms with E-state index in [4.69, 9.17) is 10.5 Å². The van der Waals surface area contributed by atoms with Crippen LogP contribution in [0.1, 0.15) is 34.6 Å². The molecule has 0 aliphatic rings. The molecule has 0 radical (unpaired) electrons. The standard InChI is InChI=1S/C9H19NO2/c1-6(10)8(11)12-7(2)9(3,4)5/h6-7H,10H2,1-5H3. The number of esters is 1. The maximum Gasteiger partial charge on any atom is 0.322 e. The van der Waals surface area contributed by atoms with Crippen LogP contribution >= 0.6 is 0 Å². The number of ether oxygens (including phenoxy) is 1. The minimum absolute atomic E-state index is 0.0233. The predicted octanol–water partition coefficient (Wildman–Crippen LogP) is 1.31. The molecule has 2 unspecified atom stereocenters. The SMILES string of the molecule is CC(N)C(=O)OC(C)C(C)(C)C. The average molecular weight is 173 g/mol. The van der Waals surface area contributed by atoms with E-state index < -0.39 is 6.04 Å². The van der Waals surface area contributed by atoms with Crippen molar-refractivity contribution in [2.24, 2.45) is 11.1 Å². The summed E-state index contributed by atoms with van der Waals surface area (Å²) in [4.78, 5) is 11.1. The maximum atomic E-state index is 11.1. The van der Waals surface area contributed by atoms with Crippen LogP contribution in [-0.2, 0) is 9.53 Å². The smallest absolute Gasteiger partial charge is 0.322 e. The summed E-state index contributed by atoms with van der Waals surface area (Å²) < 4.78 is 5.11. The van der Waals surface area contributed by atoms with Gasteiger partial charge in [0.05, 0.1) is 0 Å². The molecule has 3 heteroatoms. The van der Waals surface area contributed by atoms with Gasteiger partial charge in [0, 0.05) is 0 Å². The van der Waals surface area contributed by atoms with Crippen LogP contribution in [0.25, 0.3) is 0 Å². The molecule has 0 rings (SSSR count). The zero-order valence-corrected chi connectivity index (χ0v) is 8.55. The molecule has 0 bridgehead atoms. The van der Waals surface area contributed by atoms with Gasteiger partial charge in [0.25, 0.3) is 0 Å². The minimum Gasteiger partial charge on any atom is -0.461 e. The topological polar surface area (TPSA) is 52.3 Å². The van der Waals surface area contributed by atoms with Gasteiger partial charge in [0.2, 0.25) is 0 Å². The Morgan fingerprint density at radius 1 is 1.33 bits per heavy atom. The second-order valence-corrected chi connectivity index (χ2v) is 4.23. The number of carbonyl (C=O) groups excluding carboxylic acids is 1. The molecule has 0 aromatic heterocycles. The van der Waals surface area contributed by atoms with Crippen molar-refractivity contribution in [3.63, 3.8) is 0 Å². The van der Waals surface area contributed by atoms with E-state index in [1.54, 1.807) is 6.92 Å². The van der Waals surface area contributed by atoms with Crippen LogP contribution in [0.15, 0.2) is 0 Å². The van der Waals surface area contributed by atoms with Gasteiger partial charge >= 0.3 is 5.97 Å². The molecule has 2 atom stereocenters. The summed E-state index contributed by atoms with van der Waals surface area (Å²) in [5, 5.41) is 0. The predicted molar refractivity (Wildman–Crippen MR) is 48.7 cm³/mol. The summed E-state index contributed by atoms with van der Waals surface area (Å²) in [6.07, 6.45) is -0.101. The first kappa shape index (κ1) is 11.4. The summed E-state index contributed by atoms with van der Waals surface area (Å²) in [6, 6.07) is -0.533. The molecule has 3 nitrogen and oxygen atoms in total. The lowest BCUT2D eigenvalue weighted by atomic mass is 9.90. The summed E-state index contributed by atoms with van der Waals surface area (Å²) in [6.45, 7) is 9.56. The fourth-order valence-corrected chi connectivity index (χ4v) is 0.458. The summed E-state index contributed by atoms with van der Waals surface area (Å²) in [5.74, 6) is -0.336. The van der Waals surface area contributed by atoms with Gasteiger partial charge in [-0.1, -0.05) is 20.8 Å². The molecule has 0 spiro atoms. The summed E-state index contributed by atoms with van der Waals surface area (Å²) in [5.41, 5.74) is 5.33. The van der Waals surface area contributed by atoms with E-state index in [0.717, 1.165) is 0 Å². The second-order valence-electron chi connectivity index (χ2n) is 4.23. The normalized spacial score (nSPS) is 16.8. The molecule has 0 heterocycles. The highest BCUT2D eigenvalue weighted by atomic mass is 16.5. The van der Waals surface area contributed by atoms with Crippen LogP contribution in [0.5, 0.6) is 0 Å². The van der Waals surface area contributed by atoms with Gasteiger partial charge in [0.1, 0.15) is 12.1 Å². The molecule has 0 aromatic carbocycles. The van der Waals surface area contributed by atoms with Crippen LogP contribution in [0, 0.1) is 5.41 Å². The molecule has 72 valence electrons. The van der Waals surface area contributed by atoms with Gasteiger partial charge in [-0.25, -0.2) is 0 Å². The number of rotatable bonds is 2. The maximum absolute atomic E-state index is 11.1. The van der Waals surface area contributed by atoms with Gasteiger partial charge in [-0.15, -0.1) is 0 Å². The van der Waals surface area contributed by atoms with Crippen LogP contribution < -0.4 is 5.73 Å². The molecule has 2 N–H and O–H groups in total. The fraction of sp³-hybridized carbons (Fsp3) is 0.889. The third-order valence-corrected chi connectivity index (χ3v) is 1.88. The lowest BCUT2D eigenvalue weighted by molar-refractivity contribution is -0.154. The highest BCUT2D eigenvalue weighted by Gasteiger charge is 2.24. The molecule has 0 aliphatic heterocycles. The van der Waals surface area contributed by atoms with Crippen molar-refractivity contribution in [1.29, 1.82) is 0 Å². The Hall–Kier alpha value is -0.570. The van der Waals surface area contributed by atoms with Gasteiger partial charge in [-0.05, 0) is 19.3 Å². The van der Waals surface area contributed by atoms with Gasteiger partial charge in [0.15, 0.2) is 0 Å². The minimum atomic E-state index is -0.533. The van der Waals surface area contributed by atoms with Crippen LogP contribution in [-0.4, -0.2) is 18.1 Å². The van der Waals surface area contributed by atoms with Crippen molar-refractivity contribution in [2.75, 3.05) is 0 Å². The zero-order valence-electron chi connectivity index (χ0n) is 8.55. The van der Waals surface area contributed by atoms with E-state index >= 15 is 0 Å². The molecular weight excluding hydrogens is 154 g/mol. The number of nitrogens with two attached hydrogens (primary N) is 1. The van der Waals surface area contributed by atoms with E-state index in [1.807, 2.05) is 27.7 Å². The Kier molecular flexibility index (Phi) is 3.71. The van der Waals surface area contributed by atoms with Crippen molar-refractivity contribution in [3.05, 3.63) is 0 Å². The lowest BCUT2D eigenvalue weighted by Crippen LogP contribution is -2.36. The van der Waals surface area contributed by atoms with E-state index in [0.29, 0.717) is 0 Å². The number of carbonyl (C=O) groups is 1. The monoisotopic (exact) mass is 173 g/mol. The third-order valence-electron chi connectivity index (χ3n) is 1.88. The Morgan fingerprint density at radius 2 is 1.75 bits per heavy atom. The highest BCUT2D eigenvalue weighted by Crippen LogP contribution is 2.21. The fourth-order valence-electron chi connectivity index (χ4n) is 0.458. The first-order valence-corrected chi connectivity index (χ1v) is 4.21. The quantitative estimate of drug-likeness (QED) is 0.640. The van der Waals surface area contributed by atoms with Crippen LogP contribution in [0.4, 0.5) is 0 Å². The Bertz CT molecular complexity index is 158. The van der Waals surface area contributed by atoms with Crippen LogP contribution in [0.2, 0.25) is 0 Å². The molecule has 0 aromatic rings. The van der Waals surface area contributed by atoms with E-state index in [-0.39, 0.29) is 17.5 Å². The van der Waals surface area contributed by atoms with Crippen LogP contribution in [0.3, 0.4) is 0 Å². The number of hydrogen-bond donors (Lipinski definition) is 1. The molecule has 0 fully saturated rings. The zero-order chi connectivity index (χ0) is 9.94. The first-order valence-electron chi connectivity index (χ1n) is 4.21. The average Bonchev–Trinajstić information content (AvgIpc) is 1.85. The number of hydrogen-bond acceptors (Lipinski definition) is 3. The van der Waals surface area contributed by atoms with Crippen molar-refractivity contribution >= 4 is 5.97 Å². The van der Waals surface area contributed by atoms with Gasteiger partial charge in [-0.2, -0.15) is 0 Å². The second kappa shape index (κ2) is 3.90. The summed E-state index contributed by atoms with van der Waals surface area (Å²) >= 11 is 0. The lowest BCUT2D eigenvalue weighted by Gasteiger charge is -2.27. The molecule has 0 amide bonds. The van der Waals surface area contributed by atoms with Crippen molar-refractivity contribution < 1.29 is 9.53 Å². The molecular formula is C9H19NO2. The molecule has 0 aliphatic carbocycles. The van der Waals surface area contributed by atoms with E-state index in [9.17, 15) is 4.79 Å². The third kappa shape index (κ3) is 3.72. The van der Waals surface area contributed by atoms with E-state index in [1.165, 1.54) is 0 Å². The Morgan fingerprint density at radius 3 is 2.00 bits per heavy atom. The largest absolute Gasteiger partial charge is 0.461 e. The molecule has 0 saturated carbocycles. The van der Waals surface area contributed by atoms with Crippen molar-refractivity contribution in [1.82, 2.24) is 0 Å². The van der Waals surface area contributed by atoms with Gasteiger partial charge < -0.3 is 10.5 Å². The Balaban J connectivity index is 4.02. The molecule has 12 heavy (non-hydrogen) atoms.